The van der Waals surface area contributed by atoms with Gasteiger partial charge < -0.3 is 9.47 Å². The fourth-order valence-electron chi connectivity index (χ4n) is 4.55. The molecule has 0 saturated carbocycles. The molecule has 0 N–H and O–H groups in total. The zero-order valence-corrected chi connectivity index (χ0v) is 22.7. The number of ether oxygens (including phenoxy) is 2. The van der Waals surface area contributed by atoms with Crippen LogP contribution in [0.15, 0.2) is 100 Å². The van der Waals surface area contributed by atoms with E-state index in [1.165, 1.54) is 16.9 Å². The lowest BCUT2D eigenvalue weighted by atomic mass is 9.97. The zero-order chi connectivity index (χ0) is 26.8. The van der Waals surface area contributed by atoms with Gasteiger partial charge in [0.15, 0.2) is 4.80 Å². The molecule has 0 amide bonds. The minimum atomic E-state index is -0.524. The molecule has 0 aliphatic carbocycles. The van der Waals surface area contributed by atoms with E-state index in [2.05, 4.69) is 6.58 Å². The highest BCUT2D eigenvalue weighted by atomic mass is 32.1. The zero-order valence-electron chi connectivity index (χ0n) is 21.9. The minimum absolute atomic E-state index is 0.120. The number of benzene rings is 2. The molecule has 0 radical (unpaired) electrons. The van der Waals surface area contributed by atoms with Crippen LogP contribution >= 0.6 is 11.3 Å². The van der Waals surface area contributed by atoms with E-state index >= 15 is 0 Å². The Hall–Kier alpha value is -4.23. The average Bonchev–Trinajstić information content (AvgIpc) is 3.23. The number of aryl methyl sites for hydroxylation is 1. The number of nitrogens with zero attached hydrogens (tertiary/aromatic N) is 3. The van der Waals surface area contributed by atoms with E-state index in [-0.39, 0.29) is 5.56 Å². The van der Waals surface area contributed by atoms with Crippen LogP contribution in [0.2, 0.25) is 0 Å². The molecule has 2 aromatic carbocycles. The van der Waals surface area contributed by atoms with Crippen LogP contribution in [-0.4, -0.2) is 23.3 Å². The van der Waals surface area contributed by atoms with Crippen LogP contribution in [0.25, 0.3) is 17.3 Å². The van der Waals surface area contributed by atoms with Crippen molar-refractivity contribution in [3.8, 4) is 17.0 Å². The van der Waals surface area contributed by atoms with Crippen molar-refractivity contribution in [2.45, 2.75) is 26.8 Å². The summed E-state index contributed by atoms with van der Waals surface area (Å²) in [6.07, 6.45) is 1.91. The second-order valence-electron chi connectivity index (χ2n) is 9.02. The van der Waals surface area contributed by atoms with Gasteiger partial charge in [-0.2, -0.15) is 0 Å². The van der Waals surface area contributed by atoms with Gasteiger partial charge >= 0.3 is 0 Å². The van der Waals surface area contributed by atoms with Gasteiger partial charge in [-0.15, -0.1) is 0 Å². The quantitative estimate of drug-likeness (QED) is 0.314. The molecule has 38 heavy (non-hydrogen) atoms. The Labute approximate surface area is 225 Å². The lowest BCUT2D eigenvalue weighted by molar-refractivity contribution is 0.233. The molecule has 0 spiro atoms. The predicted octanol–water partition coefficient (Wildman–Crippen LogP) is 5.16. The molecule has 0 fully saturated rings. The van der Waals surface area contributed by atoms with Gasteiger partial charge in [0.05, 0.1) is 29.6 Å². The number of rotatable bonds is 7. The van der Waals surface area contributed by atoms with Gasteiger partial charge in [-0.05, 0) is 68.8 Å². The first kappa shape index (κ1) is 25.4. The van der Waals surface area contributed by atoms with E-state index in [4.69, 9.17) is 19.5 Å². The van der Waals surface area contributed by atoms with Crippen LogP contribution in [-0.2, 0) is 4.74 Å². The monoisotopic (exact) mass is 523 g/mol. The molecule has 0 saturated heterocycles. The second-order valence-corrected chi connectivity index (χ2v) is 10.0. The van der Waals surface area contributed by atoms with Crippen LogP contribution in [0.5, 0.6) is 5.75 Å². The normalized spacial score (nSPS) is 15.2. The minimum Gasteiger partial charge on any atom is -0.497 e. The summed E-state index contributed by atoms with van der Waals surface area (Å²) in [4.78, 5) is 24.3. The highest BCUT2D eigenvalue weighted by molar-refractivity contribution is 7.07. The molecule has 1 aliphatic rings. The van der Waals surface area contributed by atoms with Gasteiger partial charge in [-0.3, -0.25) is 14.3 Å². The van der Waals surface area contributed by atoms with Crippen molar-refractivity contribution in [1.29, 1.82) is 0 Å². The molecule has 5 rings (SSSR count). The molecule has 0 bridgehead atoms. The van der Waals surface area contributed by atoms with Gasteiger partial charge in [0.2, 0.25) is 0 Å². The summed E-state index contributed by atoms with van der Waals surface area (Å²) in [5.74, 6) is 1.27. The first-order valence-corrected chi connectivity index (χ1v) is 13.2. The Morgan fingerprint density at radius 3 is 2.50 bits per heavy atom. The van der Waals surface area contributed by atoms with E-state index in [0.717, 1.165) is 33.8 Å². The summed E-state index contributed by atoms with van der Waals surface area (Å²) >= 11 is 1.38. The Morgan fingerprint density at radius 2 is 1.82 bits per heavy atom. The van der Waals surface area contributed by atoms with Crippen molar-refractivity contribution < 1.29 is 9.47 Å². The van der Waals surface area contributed by atoms with E-state index < -0.39 is 6.04 Å². The average molecular weight is 524 g/mol. The molecule has 192 valence electrons. The molecule has 4 aromatic rings. The number of allylic oxidation sites excluding steroid dienone is 2. The summed E-state index contributed by atoms with van der Waals surface area (Å²) in [7, 11) is 1.64. The number of pyridine rings is 1. The van der Waals surface area contributed by atoms with E-state index in [1.807, 2.05) is 93.6 Å². The van der Waals surface area contributed by atoms with Gasteiger partial charge in [-0.1, -0.05) is 53.8 Å². The Morgan fingerprint density at radius 1 is 1.08 bits per heavy atom. The lowest BCUT2D eigenvalue weighted by Crippen LogP contribution is -2.39. The van der Waals surface area contributed by atoms with E-state index in [0.29, 0.717) is 27.4 Å². The highest BCUT2D eigenvalue weighted by Gasteiger charge is 2.31. The standard InChI is InChI=1S/C31H29N3O3S/c1-6-37-21(4)28-20(3)32-31-34(30(35)27(38-31)18-22-12-10-19(2)11-13-22)29(28)26-9-7-8-25(33-26)23-14-16-24(36-5)17-15-23/h7-18,29H,4,6H2,1-3,5H3/b27-18-. The molecule has 1 unspecified atom stereocenters. The summed E-state index contributed by atoms with van der Waals surface area (Å²) in [5, 5.41) is 0. The van der Waals surface area contributed by atoms with Gasteiger partial charge in [0.1, 0.15) is 17.6 Å². The maximum Gasteiger partial charge on any atom is 0.271 e. The van der Waals surface area contributed by atoms with Crippen molar-refractivity contribution in [2.24, 2.45) is 4.99 Å². The Balaban J connectivity index is 1.69. The molecule has 3 heterocycles. The molecule has 7 heteroatoms. The first-order chi connectivity index (χ1) is 18.4. The van der Waals surface area contributed by atoms with Gasteiger partial charge in [0, 0.05) is 16.8 Å². The summed E-state index contributed by atoms with van der Waals surface area (Å²) in [6.45, 7) is 10.5. The largest absolute Gasteiger partial charge is 0.497 e. The summed E-state index contributed by atoms with van der Waals surface area (Å²) < 4.78 is 13.5. The number of hydrogen-bond donors (Lipinski definition) is 0. The fraction of sp³-hybridized carbons (Fsp3) is 0.194. The number of aromatic nitrogens is 2. The maximum atomic E-state index is 13.9. The Kier molecular flexibility index (Phi) is 7.11. The molecule has 2 aromatic heterocycles. The van der Waals surface area contributed by atoms with Crippen LogP contribution in [0.1, 0.15) is 36.7 Å². The molecule has 1 atom stereocenters. The third-order valence-electron chi connectivity index (χ3n) is 6.45. The Bertz CT molecular complexity index is 1710. The van der Waals surface area contributed by atoms with Gasteiger partial charge in [-0.25, -0.2) is 4.99 Å². The van der Waals surface area contributed by atoms with E-state index in [1.54, 1.807) is 11.7 Å². The summed E-state index contributed by atoms with van der Waals surface area (Å²) in [6, 6.07) is 21.2. The van der Waals surface area contributed by atoms with Crippen LogP contribution in [0.3, 0.4) is 0 Å². The van der Waals surface area contributed by atoms with Gasteiger partial charge in [0.25, 0.3) is 5.56 Å². The fourth-order valence-corrected chi connectivity index (χ4v) is 5.60. The number of thiazole rings is 1. The third-order valence-corrected chi connectivity index (χ3v) is 7.44. The SMILES string of the molecule is C=C(OCC)C1=C(C)N=c2s/c(=C\c3ccc(C)cc3)c(=O)n2C1c1cccc(-c2ccc(OC)cc2)n1. The second kappa shape index (κ2) is 10.6. The van der Waals surface area contributed by atoms with Crippen LogP contribution in [0, 0.1) is 6.92 Å². The van der Waals surface area contributed by atoms with E-state index in [9.17, 15) is 4.79 Å². The number of hydrogen-bond acceptors (Lipinski definition) is 6. The number of methoxy groups -OCH3 is 1. The lowest BCUT2D eigenvalue weighted by Gasteiger charge is -2.26. The summed E-state index contributed by atoms with van der Waals surface area (Å²) in [5.41, 5.74) is 5.98. The van der Waals surface area contributed by atoms with Crippen LogP contribution in [0.4, 0.5) is 0 Å². The first-order valence-electron chi connectivity index (χ1n) is 12.4. The van der Waals surface area contributed by atoms with Crippen LogP contribution < -0.4 is 19.6 Å². The third kappa shape index (κ3) is 4.85. The van der Waals surface area contributed by atoms with Crippen molar-refractivity contribution in [1.82, 2.24) is 9.55 Å². The molecule has 1 aliphatic heterocycles. The van der Waals surface area contributed by atoms with Crippen molar-refractivity contribution in [3.63, 3.8) is 0 Å². The molecular formula is C31H29N3O3S. The van der Waals surface area contributed by atoms with Crippen molar-refractivity contribution in [2.75, 3.05) is 13.7 Å². The molecular weight excluding hydrogens is 494 g/mol. The highest BCUT2D eigenvalue weighted by Crippen LogP contribution is 2.34. The topological polar surface area (TPSA) is 65.7 Å². The van der Waals surface area contributed by atoms with Crippen molar-refractivity contribution >= 4 is 17.4 Å². The predicted molar refractivity (Wildman–Crippen MR) is 152 cm³/mol. The molecule has 6 nitrogen and oxygen atoms in total. The number of fused-ring (bicyclic) bond motifs is 1. The maximum absolute atomic E-state index is 13.9. The van der Waals surface area contributed by atoms with Crippen molar-refractivity contribution in [3.05, 3.63) is 127 Å². The smallest absolute Gasteiger partial charge is 0.271 e.